The molecule has 2 aliphatic rings. The number of alkyl carbamates (subject to hydrolysis) is 2. The first-order chi connectivity index (χ1) is 32.0. The lowest BCUT2D eigenvalue weighted by atomic mass is 10.0. The summed E-state index contributed by atoms with van der Waals surface area (Å²) in [5.74, 6) is -6.47. The number of β-lactam (4-membered cyclic amide) rings is 1. The van der Waals surface area contributed by atoms with Crippen LogP contribution in [0.2, 0.25) is 0 Å². The van der Waals surface area contributed by atoms with E-state index in [1.165, 1.54) is 12.5 Å². The van der Waals surface area contributed by atoms with Crippen molar-refractivity contribution in [3.8, 4) is 0 Å². The number of thioether (sulfide) groups is 1. The topological polar surface area (TPSA) is 327 Å². The lowest BCUT2D eigenvalue weighted by Gasteiger charge is -2.49. The van der Waals surface area contributed by atoms with E-state index in [2.05, 4.69) is 26.1 Å². The van der Waals surface area contributed by atoms with Gasteiger partial charge in [0.1, 0.15) is 73.0 Å². The summed E-state index contributed by atoms with van der Waals surface area (Å²) in [5.41, 5.74) is 3.54. The SMILES string of the molecule is CON=C(C(=O)N[C@@H]1C(=O)N2C(C(=O)OC(C)OC(=O)OC(COC(=O)[C@@H](NC(=O)OC(C)(C)C)C(C)C)COC(=O)[C@@H](NC(=O)OC(C)(C)C)C(C)C)=C(COC(C)=O)CS[C@@H]12)c1csc(N)n1. The van der Waals surface area contributed by atoms with E-state index in [0.29, 0.717) is 0 Å². The summed E-state index contributed by atoms with van der Waals surface area (Å²) in [5, 5.41) is 11.9. The molecule has 3 rings (SSSR count). The molecule has 5 N–H and O–H groups in total. The molecular weight excluding hydrogens is 955 g/mol. The number of rotatable bonds is 20. The van der Waals surface area contributed by atoms with Gasteiger partial charge in [0.25, 0.3) is 11.8 Å². The summed E-state index contributed by atoms with van der Waals surface area (Å²) in [6.07, 6.45) is -6.68. The number of oxime groups is 1. The first-order valence-electron chi connectivity index (χ1n) is 21.4. The second kappa shape index (κ2) is 24.8. The quantitative estimate of drug-likeness (QED) is 0.0364. The monoisotopic (exact) mass is 1020 g/mol. The molecule has 0 aliphatic carbocycles. The van der Waals surface area contributed by atoms with Gasteiger partial charge in [0, 0.05) is 30.6 Å². The highest BCUT2D eigenvalue weighted by molar-refractivity contribution is 8.00. The van der Waals surface area contributed by atoms with Crippen LogP contribution in [0.3, 0.4) is 0 Å². The number of nitrogens with one attached hydrogen (secondary N) is 3. The van der Waals surface area contributed by atoms with Crippen LogP contribution in [0.5, 0.6) is 0 Å². The van der Waals surface area contributed by atoms with Crippen molar-refractivity contribution in [3.63, 3.8) is 0 Å². The normalized spacial score (nSPS) is 17.3. The second-order valence-corrected chi connectivity index (χ2v) is 19.9. The van der Waals surface area contributed by atoms with E-state index in [1.54, 1.807) is 69.2 Å². The molecule has 0 spiro atoms. The molecule has 4 amide bonds. The van der Waals surface area contributed by atoms with Gasteiger partial charge in [-0.25, -0.2) is 33.8 Å². The third kappa shape index (κ3) is 17.6. The Balaban J connectivity index is 1.79. The van der Waals surface area contributed by atoms with Crippen molar-refractivity contribution in [2.75, 3.05) is 38.4 Å². The zero-order valence-corrected chi connectivity index (χ0v) is 42.2. The van der Waals surface area contributed by atoms with Gasteiger partial charge in [0.15, 0.2) is 16.9 Å². The van der Waals surface area contributed by atoms with E-state index in [4.69, 9.17) is 48.5 Å². The molecule has 384 valence electrons. The number of amides is 4. The number of nitrogens with two attached hydrogens (primary N) is 1. The van der Waals surface area contributed by atoms with Crippen molar-refractivity contribution in [1.82, 2.24) is 25.8 Å². The number of carbonyl (C=O) groups is 9. The van der Waals surface area contributed by atoms with Gasteiger partial charge >= 0.3 is 42.2 Å². The number of ether oxygens (including phenoxy) is 8. The lowest BCUT2D eigenvalue weighted by Crippen LogP contribution is -2.71. The Kier molecular flexibility index (Phi) is 20.4. The Morgan fingerprint density at radius 1 is 0.841 bits per heavy atom. The second-order valence-electron chi connectivity index (χ2n) is 17.9. The molecule has 1 aromatic rings. The van der Waals surface area contributed by atoms with Crippen molar-refractivity contribution in [2.24, 2.45) is 17.0 Å². The fourth-order valence-electron chi connectivity index (χ4n) is 5.91. The van der Waals surface area contributed by atoms with E-state index < -0.39 is 133 Å². The molecule has 1 aromatic heterocycles. The average Bonchev–Trinajstić information content (AvgIpc) is 3.65. The Labute approximate surface area is 406 Å². The summed E-state index contributed by atoms with van der Waals surface area (Å²) >= 11 is 2.18. The minimum atomic E-state index is -1.75. The van der Waals surface area contributed by atoms with Crippen LogP contribution in [-0.2, 0) is 71.5 Å². The summed E-state index contributed by atoms with van der Waals surface area (Å²) in [7, 11) is 1.21. The Hall–Kier alpha value is -6.38. The summed E-state index contributed by atoms with van der Waals surface area (Å²) in [6, 6.07) is -3.67. The average molecular weight is 1020 g/mol. The highest BCUT2D eigenvalue weighted by Crippen LogP contribution is 2.41. The fourth-order valence-corrected chi connectivity index (χ4v) is 7.79. The van der Waals surface area contributed by atoms with Gasteiger partial charge in [-0.05, 0) is 53.4 Å². The molecular formula is C42H61N7O18S2. The fraction of sp³-hybridized carbons (Fsp3) is 0.643. The number of thiazole rings is 1. The number of anilines is 1. The van der Waals surface area contributed by atoms with E-state index in [-0.39, 0.29) is 33.6 Å². The van der Waals surface area contributed by atoms with Crippen LogP contribution >= 0.6 is 23.1 Å². The molecule has 1 unspecified atom stereocenters. The van der Waals surface area contributed by atoms with Crippen molar-refractivity contribution in [1.29, 1.82) is 0 Å². The minimum absolute atomic E-state index is 0.0203. The molecule has 0 saturated carbocycles. The van der Waals surface area contributed by atoms with Crippen LogP contribution in [0.25, 0.3) is 0 Å². The van der Waals surface area contributed by atoms with Gasteiger partial charge in [0.2, 0.25) is 6.29 Å². The zero-order valence-electron chi connectivity index (χ0n) is 40.6. The largest absolute Gasteiger partial charge is 0.511 e. The molecule has 69 heavy (non-hydrogen) atoms. The lowest BCUT2D eigenvalue weighted by molar-refractivity contribution is -0.173. The number of hydrogen-bond acceptors (Lipinski definition) is 23. The highest BCUT2D eigenvalue weighted by atomic mass is 32.2. The number of aromatic nitrogens is 1. The molecule has 5 atom stereocenters. The maximum absolute atomic E-state index is 13.8. The van der Waals surface area contributed by atoms with E-state index in [0.717, 1.165) is 41.8 Å². The van der Waals surface area contributed by atoms with Gasteiger partial charge in [-0.15, -0.1) is 23.1 Å². The molecule has 2 aliphatic heterocycles. The van der Waals surface area contributed by atoms with Gasteiger partial charge in [0.05, 0.1) is 0 Å². The summed E-state index contributed by atoms with van der Waals surface area (Å²) in [4.78, 5) is 127. The van der Waals surface area contributed by atoms with Crippen molar-refractivity contribution < 1.29 is 85.9 Å². The van der Waals surface area contributed by atoms with Crippen LogP contribution in [0.1, 0.15) is 88.8 Å². The molecule has 1 fully saturated rings. The molecule has 0 aromatic carbocycles. The van der Waals surface area contributed by atoms with E-state index in [9.17, 15) is 43.2 Å². The first kappa shape index (κ1) is 56.9. The predicted octanol–water partition coefficient (Wildman–Crippen LogP) is 2.89. The van der Waals surface area contributed by atoms with Crippen molar-refractivity contribution >= 4 is 88.0 Å². The maximum atomic E-state index is 13.8. The minimum Gasteiger partial charge on any atom is -0.461 e. The summed E-state index contributed by atoms with van der Waals surface area (Å²) in [6.45, 7) is 16.5. The van der Waals surface area contributed by atoms with E-state index >= 15 is 0 Å². The number of nitrogen functional groups attached to an aromatic ring is 1. The molecule has 0 radical (unpaired) electrons. The maximum Gasteiger partial charge on any atom is 0.511 e. The molecule has 3 heterocycles. The standard InChI is InChI=1S/C42H61N7O18S2/c1-19(2)26(46-38(56)66-41(7,8)9)34(53)61-15-24(16-62-35(54)27(20(3)4)47-39(57)67-42(10,11)12)65-40(58)64-22(6)63-36(55)30-23(14-60-21(5)50)17-68-33-29(32(52)49(30)33)45-31(51)28(48-59-13)25-18-69-37(43)44-25/h18-20,22,24,26-27,29,33H,14-17H2,1-13H3,(H2,43,44)(H,45,51)(H,46,56)(H,47,57)/t22?,26-,27-,29+,33-/m0/s1. The van der Waals surface area contributed by atoms with Crippen molar-refractivity contribution in [3.05, 3.63) is 22.3 Å². The third-order valence-corrected chi connectivity index (χ3v) is 11.0. The predicted molar refractivity (Wildman–Crippen MR) is 244 cm³/mol. The van der Waals surface area contributed by atoms with Crippen LogP contribution in [0, 0.1) is 11.8 Å². The van der Waals surface area contributed by atoms with Gasteiger partial charge in [-0.1, -0.05) is 32.9 Å². The van der Waals surface area contributed by atoms with Crippen LogP contribution in [0.15, 0.2) is 21.8 Å². The zero-order chi connectivity index (χ0) is 52.1. The van der Waals surface area contributed by atoms with Crippen LogP contribution < -0.4 is 21.7 Å². The smallest absolute Gasteiger partial charge is 0.461 e. The van der Waals surface area contributed by atoms with Gasteiger partial charge < -0.3 is 64.4 Å². The van der Waals surface area contributed by atoms with Gasteiger partial charge in [-0.3, -0.25) is 19.3 Å². The Morgan fingerprint density at radius 3 is 1.83 bits per heavy atom. The number of nitrogens with zero attached hydrogens (tertiary/aromatic N) is 3. The van der Waals surface area contributed by atoms with Crippen LogP contribution in [-0.4, -0.2) is 149 Å². The Bertz CT molecular complexity index is 2090. The number of esters is 4. The molecule has 1 saturated heterocycles. The van der Waals surface area contributed by atoms with Crippen molar-refractivity contribution in [2.45, 2.75) is 130 Å². The Morgan fingerprint density at radius 2 is 1.38 bits per heavy atom. The number of hydrogen-bond donors (Lipinski definition) is 4. The number of fused-ring (bicyclic) bond motifs is 1. The molecule has 0 bridgehead atoms. The van der Waals surface area contributed by atoms with E-state index in [1.807, 2.05) is 0 Å². The van der Waals surface area contributed by atoms with Gasteiger partial charge in [-0.2, -0.15) is 0 Å². The highest BCUT2D eigenvalue weighted by Gasteiger charge is 2.55. The summed E-state index contributed by atoms with van der Waals surface area (Å²) < 4.78 is 42.4. The number of carbonyl (C=O) groups excluding carboxylic acids is 9. The molecule has 25 nitrogen and oxygen atoms in total. The first-order valence-corrected chi connectivity index (χ1v) is 23.3. The third-order valence-electron chi connectivity index (χ3n) is 8.95. The van der Waals surface area contributed by atoms with Crippen LogP contribution in [0.4, 0.5) is 19.5 Å². The molecule has 27 heteroatoms.